The zero-order valence-electron chi connectivity index (χ0n) is 15.4. The van der Waals surface area contributed by atoms with Crippen LogP contribution < -0.4 is 11.1 Å². The molecule has 2 amide bonds. The molecule has 2 heterocycles. The lowest BCUT2D eigenvalue weighted by molar-refractivity contribution is -0.128. The highest BCUT2D eigenvalue weighted by Crippen LogP contribution is 2.24. The summed E-state index contributed by atoms with van der Waals surface area (Å²) in [5, 5.41) is 2.90. The van der Waals surface area contributed by atoms with E-state index < -0.39 is 12.0 Å². The quantitative estimate of drug-likeness (QED) is 0.684. The molecule has 2 atom stereocenters. The Morgan fingerprint density at radius 3 is 2.61 bits per heavy atom. The van der Waals surface area contributed by atoms with Gasteiger partial charge in [0.2, 0.25) is 11.8 Å². The number of nitrogens with one attached hydrogen (secondary N) is 1. The summed E-state index contributed by atoms with van der Waals surface area (Å²) in [5.41, 5.74) is 7.97. The number of ether oxygens (including phenoxy) is 1. The van der Waals surface area contributed by atoms with E-state index in [-0.39, 0.29) is 18.6 Å². The molecule has 144 valence electrons. The van der Waals surface area contributed by atoms with E-state index in [4.69, 9.17) is 15.5 Å². The summed E-state index contributed by atoms with van der Waals surface area (Å²) in [6.45, 7) is 0.507. The van der Waals surface area contributed by atoms with Crippen molar-refractivity contribution in [2.75, 3.05) is 6.54 Å². The fraction of sp³-hybridized carbons (Fsp3) is 0.286. The summed E-state index contributed by atoms with van der Waals surface area (Å²) >= 11 is 0. The molecule has 28 heavy (non-hydrogen) atoms. The van der Waals surface area contributed by atoms with Gasteiger partial charge in [0, 0.05) is 12.1 Å². The van der Waals surface area contributed by atoms with Crippen molar-refractivity contribution in [3.63, 3.8) is 0 Å². The highest BCUT2D eigenvalue weighted by atomic mass is 16.5. The average Bonchev–Trinajstić information content (AvgIpc) is 3.33. The van der Waals surface area contributed by atoms with Crippen LogP contribution in [0.2, 0.25) is 0 Å². The largest absolute Gasteiger partial charge is 0.367 e. The first-order valence-electron chi connectivity index (χ1n) is 9.34. The standard InChI is InChI=1S/C21H22N4O3/c22-20(27)18-11-10-15(28-18)12-23-19(26)13-25-17-9-5-4-8-16(17)24-21(25)14-6-2-1-3-7-14/h1-9,15,18H,10-13H2,(H2,22,27)(H,23,26). The number of hydrogen-bond acceptors (Lipinski definition) is 4. The summed E-state index contributed by atoms with van der Waals surface area (Å²) in [6.07, 6.45) is 0.566. The van der Waals surface area contributed by atoms with Gasteiger partial charge in [0.15, 0.2) is 0 Å². The van der Waals surface area contributed by atoms with Gasteiger partial charge >= 0.3 is 0 Å². The molecule has 0 saturated carbocycles. The zero-order chi connectivity index (χ0) is 19.5. The first-order chi connectivity index (χ1) is 13.6. The Kier molecular flexibility index (Phi) is 5.08. The summed E-state index contributed by atoms with van der Waals surface area (Å²) in [5.74, 6) is 0.167. The van der Waals surface area contributed by atoms with E-state index in [0.29, 0.717) is 19.4 Å². The first-order valence-corrected chi connectivity index (χ1v) is 9.34. The Bertz CT molecular complexity index is 999. The molecule has 3 N–H and O–H groups in total. The second-order valence-corrected chi connectivity index (χ2v) is 6.91. The van der Waals surface area contributed by atoms with Gasteiger partial charge in [-0.2, -0.15) is 0 Å². The fourth-order valence-corrected chi connectivity index (χ4v) is 3.54. The Hall–Kier alpha value is -3.19. The molecule has 1 aromatic heterocycles. The molecule has 1 fully saturated rings. The maximum absolute atomic E-state index is 12.6. The van der Waals surface area contributed by atoms with Gasteiger partial charge in [-0.3, -0.25) is 9.59 Å². The Morgan fingerprint density at radius 2 is 1.86 bits per heavy atom. The normalized spacial score (nSPS) is 19.0. The fourth-order valence-electron chi connectivity index (χ4n) is 3.54. The highest BCUT2D eigenvalue weighted by Gasteiger charge is 2.29. The molecule has 7 nitrogen and oxygen atoms in total. The van der Waals surface area contributed by atoms with Crippen LogP contribution in [0.4, 0.5) is 0 Å². The van der Waals surface area contributed by atoms with Gasteiger partial charge < -0.3 is 20.4 Å². The molecular formula is C21H22N4O3. The van der Waals surface area contributed by atoms with Gasteiger partial charge in [-0.05, 0) is 25.0 Å². The number of nitrogens with zero attached hydrogens (tertiary/aromatic N) is 2. The monoisotopic (exact) mass is 378 g/mol. The Morgan fingerprint density at radius 1 is 1.11 bits per heavy atom. The van der Waals surface area contributed by atoms with Crippen LogP contribution in [0.3, 0.4) is 0 Å². The number of benzene rings is 2. The molecular weight excluding hydrogens is 356 g/mol. The van der Waals surface area contributed by atoms with Crippen LogP contribution in [-0.2, 0) is 20.9 Å². The van der Waals surface area contributed by atoms with E-state index >= 15 is 0 Å². The van der Waals surface area contributed by atoms with Crippen LogP contribution in [0.5, 0.6) is 0 Å². The minimum Gasteiger partial charge on any atom is -0.367 e. The molecule has 4 rings (SSSR count). The van der Waals surface area contributed by atoms with Crippen LogP contribution >= 0.6 is 0 Å². The number of fused-ring (bicyclic) bond motifs is 1. The van der Waals surface area contributed by atoms with Crippen LogP contribution in [0, 0.1) is 0 Å². The predicted octanol–water partition coefficient (Wildman–Crippen LogP) is 1.85. The summed E-state index contributed by atoms with van der Waals surface area (Å²) < 4.78 is 7.48. The van der Waals surface area contributed by atoms with Crippen molar-refractivity contribution in [3.8, 4) is 11.4 Å². The molecule has 1 aliphatic heterocycles. The van der Waals surface area contributed by atoms with Crippen molar-refractivity contribution in [2.45, 2.75) is 31.6 Å². The zero-order valence-corrected chi connectivity index (χ0v) is 15.4. The van der Waals surface area contributed by atoms with Crippen molar-refractivity contribution >= 4 is 22.8 Å². The molecule has 2 aromatic carbocycles. The number of hydrogen-bond donors (Lipinski definition) is 2. The van der Waals surface area contributed by atoms with Crippen molar-refractivity contribution in [1.29, 1.82) is 0 Å². The van der Waals surface area contributed by atoms with Gasteiger partial charge in [0.05, 0.1) is 17.1 Å². The van der Waals surface area contributed by atoms with Gasteiger partial charge in [-0.25, -0.2) is 4.98 Å². The smallest absolute Gasteiger partial charge is 0.246 e. The number of imidazole rings is 1. The number of amides is 2. The van der Waals surface area contributed by atoms with Crippen molar-refractivity contribution in [3.05, 3.63) is 54.6 Å². The number of aromatic nitrogens is 2. The van der Waals surface area contributed by atoms with Crippen LogP contribution in [0.1, 0.15) is 12.8 Å². The third kappa shape index (κ3) is 3.75. The molecule has 1 aliphatic rings. The van der Waals surface area contributed by atoms with E-state index in [0.717, 1.165) is 22.4 Å². The van der Waals surface area contributed by atoms with E-state index in [1.165, 1.54) is 0 Å². The minimum atomic E-state index is -0.552. The van der Waals surface area contributed by atoms with Crippen LogP contribution in [0.15, 0.2) is 54.6 Å². The van der Waals surface area contributed by atoms with Crippen LogP contribution in [0.25, 0.3) is 22.4 Å². The van der Waals surface area contributed by atoms with Crippen molar-refractivity contribution < 1.29 is 14.3 Å². The van der Waals surface area contributed by atoms with Crippen molar-refractivity contribution in [2.24, 2.45) is 5.73 Å². The molecule has 1 saturated heterocycles. The lowest BCUT2D eigenvalue weighted by Crippen LogP contribution is -2.36. The molecule has 3 aromatic rings. The van der Waals surface area contributed by atoms with E-state index in [9.17, 15) is 9.59 Å². The lowest BCUT2D eigenvalue weighted by Gasteiger charge is -2.14. The van der Waals surface area contributed by atoms with Gasteiger partial charge in [-0.15, -0.1) is 0 Å². The summed E-state index contributed by atoms with van der Waals surface area (Å²) in [7, 11) is 0. The van der Waals surface area contributed by atoms with E-state index in [1.807, 2.05) is 59.2 Å². The molecule has 0 bridgehead atoms. The van der Waals surface area contributed by atoms with Crippen molar-refractivity contribution in [1.82, 2.24) is 14.9 Å². The SMILES string of the molecule is NC(=O)C1CCC(CNC(=O)Cn2c(-c3ccccc3)nc3ccccc32)O1. The average molecular weight is 378 g/mol. The Balaban J connectivity index is 1.49. The van der Waals surface area contributed by atoms with Crippen LogP contribution in [-0.4, -0.2) is 40.1 Å². The first kappa shape index (κ1) is 18.2. The number of rotatable bonds is 6. The number of nitrogens with two attached hydrogens (primary N) is 1. The molecule has 7 heteroatoms. The molecule has 0 aliphatic carbocycles. The maximum Gasteiger partial charge on any atom is 0.246 e. The number of carbonyl (C=O) groups is 2. The second-order valence-electron chi connectivity index (χ2n) is 6.91. The van der Waals surface area contributed by atoms with E-state index in [2.05, 4.69) is 5.32 Å². The maximum atomic E-state index is 12.6. The van der Waals surface area contributed by atoms with Gasteiger partial charge in [-0.1, -0.05) is 42.5 Å². The number of para-hydroxylation sites is 2. The molecule has 2 unspecified atom stereocenters. The topological polar surface area (TPSA) is 99.2 Å². The highest BCUT2D eigenvalue weighted by molar-refractivity contribution is 5.84. The number of primary amides is 1. The lowest BCUT2D eigenvalue weighted by atomic mass is 10.2. The summed E-state index contributed by atoms with van der Waals surface area (Å²) in [4.78, 5) is 28.5. The predicted molar refractivity (Wildman–Crippen MR) is 105 cm³/mol. The molecule has 0 spiro atoms. The third-order valence-corrected chi connectivity index (χ3v) is 4.94. The van der Waals surface area contributed by atoms with E-state index in [1.54, 1.807) is 0 Å². The number of carbonyl (C=O) groups excluding carboxylic acids is 2. The summed E-state index contributed by atoms with van der Waals surface area (Å²) in [6, 6.07) is 17.6. The third-order valence-electron chi connectivity index (χ3n) is 4.94. The molecule has 0 radical (unpaired) electrons. The van der Waals surface area contributed by atoms with Gasteiger partial charge in [0.1, 0.15) is 18.5 Å². The van der Waals surface area contributed by atoms with Gasteiger partial charge in [0.25, 0.3) is 0 Å². The Labute approximate surface area is 162 Å². The second kappa shape index (κ2) is 7.82. The minimum absolute atomic E-state index is 0.133.